The molecule has 4 amide bonds. The quantitative estimate of drug-likeness (QED) is 0.249. The van der Waals surface area contributed by atoms with Crippen LogP contribution >= 0.6 is 0 Å². The number of nitrogens with one attached hydrogen (secondary N) is 3. The van der Waals surface area contributed by atoms with Crippen molar-refractivity contribution in [3.8, 4) is 0 Å². The van der Waals surface area contributed by atoms with Gasteiger partial charge in [-0.1, -0.05) is 42.5 Å². The largest absolute Gasteiger partial charge is 0.463 e. The van der Waals surface area contributed by atoms with E-state index in [9.17, 15) is 14.4 Å². The monoisotopic (exact) mass is 684 g/mol. The van der Waals surface area contributed by atoms with Crippen LogP contribution in [0, 0.1) is 0 Å². The molecule has 2 heterocycles. The maximum Gasteiger partial charge on any atom is 0.412 e. The molecular formula is C38H48N6O6. The predicted molar refractivity (Wildman–Crippen MR) is 193 cm³/mol. The normalized spacial score (nSPS) is 16.5. The first-order valence-electron chi connectivity index (χ1n) is 17.1. The van der Waals surface area contributed by atoms with Gasteiger partial charge in [0.25, 0.3) is 5.91 Å². The van der Waals surface area contributed by atoms with Crippen molar-refractivity contribution >= 4 is 29.4 Å². The molecule has 0 bridgehead atoms. The second-order valence-electron chi connectivity index (χ2n) is 13.5. The van der Waals surface area contributed by atoms with Gasteiger partial charge in [0.05, 0.1) is 11.4 Å². The van der Waals surface area contributed by atoms with Gasteiger partial charge in [0.1, 0.15) is 11.9 Å². The summed E-state index contributed by atoms with van der Waals surface area (Å²) in [5.41, 5.74) is 2.48. The third-order valence-electron chi connectivity index (χ3n) is 8.32. The molecular weight excluding hydrogens is 636 g/mol. The zero-order chi connectivity index (χ0) is 35.5. The average molecular weight is 685 g/mol. The van der Waals surface area contributed by atoms with Crippen LogP contribution in [0.4, 0.5) is 21.0 Å². The van der Waals surface area contributed by atoms with Gasteiger partial charge < -0.3 is 34.2 Å². The third-order valence-corrected chi connectivity index (χ3v) is 8.32. The third kappa shape index (κ3) is 11.0. The minimum absolute atomic E-state index is 0.223. The van der Waals surface area contributed by atoms with E-state index in [1.807, 2.05) is 24.3 Å². The molecule has 12 nitrogen and oxygen atoms in total. The van der Waals surface area contributed by atoms with Crippen LogP contribution in [-0.4, -0.2) is 84.6 Å². The maximum atomic E-state index is 13.7. The SMILES string of the molecule is CN1CCN(CCCN(Cc2ccc(C(=O)Nc3ccccc3NC(=O)OC(C)(C)C)cc2)C(=O)NC2=COC=C(C3=CC=CCC3)O2)CC1. The van der Waals surface area contributed by atoms with E-state index in [1.165, 1.54) is 6.26 Å². The fourth-order valence-corrected chi connectivity index (χ4v) is 5.61. The number of urea groups is 1. The van der Waals surface area contributed by atoms with Crippen molar-refractivity contribution in [1.29, 1.82) is 0 Å². The van der Waals surface area contributed by atoms with Crippen molar-refractivity contribution in [2.75, 3.05) is 56.9 Å². The fourth-order valence-electron chi connectivity index (χ4n) is 5.61. The molecule has 2 aromatic carbocycles. The molecule has 1 saturated heterocycles. The summed E-state index contributed by atoms with van der Waals surface area (Å²) in [5.74, 6) is 0.455. The Labute approximate surface area is 294 Å². The number of rotatable bonds is 11. The Morgan fingerprint density at radius 1 is 0.920 bits per heavy atom. The van der Waals surface area contributed by atoms with Gasteiger partial charge in [-0.3, -0.25) is 15.4 Å². The van der Waals surface area contributed by atoms with E-state index in [0.29, 0.717) is 35.8 Å². The molecule has 0 unspecified atom stereocenters. The van der Waals surface area contributed by atoms with Crippen LogP contribution in [0.5, 0.6) is 0 Å². The Hall–Kier alpha value is -5.07. The summed E-state index contributed by atoms with van der Waals surface area (Å²) in [6, 6.07) is 13.7. The van der Waals surface area contributed by atoms with Crippen LogP contribution in [0.2, 0.25) is 0 Å². The first-order chi connectivity index (χ1) is 24.0. The molecule has 50 heavy (non-hydrogen) atoms. The summed E-state index contributed by atoms with van der Waals surface area (Å²) in [7, 11) is 2.13. The summed E-state index contributed by atoms with van der Waals surface area (Å²) < 4.78 is 16.9. The lowest BCUT2D eigenvalue weighted by Crippen LogP contribution is -2.46. The van der Waals surface area contributed by atoms with Gasteiger partial charge in [0.15, 0.2) is 12.0 Å². The molecule has 2 aromatic rings. The molecule has 0 spiro atoms. The first-order valence-corrected chi connectivity index (χ1v) is 17.1. The number of carbonyl (C=O) groups excluding carboxylic acids is 3. The van der Waals surface area contributed by atoms with Crippen LogP contribution in [0.25, 0.3) is 0 Å². The number of likely N-dealkylation sites (N-methyl/N-ethyl adjacent to an activating group) is 1. The smallest absolute Gasteiger partial charge is 0.412 e. The van der Waals surface area contributed by atoms with Gasteiger partial charge in [-0.2, -0.15) is 0 Å². The Kier molecular flexibility index (Phi) is 12.3. The van der Waals surface area contributed by atoms with Crippen molar-refractivity contribution in [2.24, 2.45) is 0 Å². The molecule has 3 aliphatic rings. The van der Waals surface area contributed by atoms with Gasteiger partial charge >= 0.3 is 12.1 Å². The van der Waals surface area contributed by atoms with Crippen molar-refractivity contribution in [3.63, 3.8) is 0 Å². The number of allylic oxidation sites excluding steroid dienone is 4. The Balaban J connectivity index is 1.21. The Morgan fingerprint density at radius 3 is 2.32 bits per heavy atom. The number of piperazine rings is 1. The van der Waals surface area contributed by atoms with Crippen molar-refractivity contribution < 1.29 is 28.6 Å². The topological polar surface area (TPSA) is 125 Å². The molecule has 5 rings (SSSR count). The second kappa shape index (κ2) is 17.0. The molecule has 0 radical (unpaired) electrons. The van der Waals surface area contributed by atoms with E-state index in [2.05, 4.69) is 38.9 Å². The van der Waals surface area contributed by atoms with Gasteiger partial charge in [-0.05, 0) is 89.0 Å². The lowest BCUT2D eigenvalue weighted by Gasteiger charge is -2.33. The van der Waals surface area contributed by atoms with Gasteiger partial charge in [-0.25, -0.2) is 9.59 Å². The lowest BCUT2D eigenvalue weighted by molar-refractivity contribution is 0.0635. The highest BCUT2D eigenvalue weighted by Crippen LogP contribution is 2.26. The predicted octanol–water partition coefficient (Wildman–Crippen LogP) is 6.40. The van der Waals surface area contributed by atoms with Crippen LogP contribution in [0.1, 0.15) is 56.0 Å². The van der Waals surface area contributed by atoms with Crippen molar-refractivity contribution in [1.82, 2.24) is 20.0 Å². The molecule has 1 aliphatic carbocycles. The summed E-state index contributed by atoms with van der Waals surface area (Å²) in [6.07, 6.45) is 10.9. The van der Waals surface area contributed by atoms with Crippen LogP contribution in [0.3, 0.4) is 0 Å². The fraction of sp³-hybridized carbons (Fsp3) is 0.395. The second-order valence-corrected chi connectivity index (χ2v) is 13.5. The van der Waals surface area contributed by atoms with Crippen LogP contribution < -0.4 is 16.0 Å². The zero-order valence-electron chi connectivity index (χ0n) is 29.4. The molecule has 266 valence electrons. The minimum Gasteiger partial charge on any atom is -0.463 e. The van der Waals surface area contributed by atoms with Gasteiger partial charge in [0.2, 0.25) is 5.88 Å². The van der Waals surface area contributed by atoms with Crippen LogP contribution in [0.15, 0.2) is 96.5 Å². The van der Waals surface area contributed by atoms with E-state index in [4.69, 9.17) is 14.2 Å². The standard InChI is InChI=1S/C38H48N6O6/c1-38(2,3)50-37(47)40-32-14-9-8-13-31(32)39-35(45)30-17-15-28(16-18-30)25-44(20-10-19-43-23-21-42(4)22-24-43)36(46)41-34-27-48-26-33(49-34)29-11-6-5-7-12-29/h5-6,8-9,11,13-18,26-27H,7,10,12,19-25H2,1-4H3,(H,39,45)(H,40,47)(H,41,46). The molecule has 1 fully saturated rings. The van der Waals surface area contributed by atoms with Gasteiger partial charge in [-0.15, -0.1) is 0 Å². The Bertz CT molecular complexity index is 1630. The first kappa shape index (κ1) is 36.2. The van der Waals surface area contributed by atoms with Crippen molar-refractivity contribution in [2.45, 2.75) is 52.2 Å². The molecule has 12 heteroatoms. The number of hydrogen-bond acceptors (Lipinski definition) is 8. The molecule has 3 N–H and O–H groups in total. The lowest BCUT2D eigenvalue weighted by atomic mass is 10.0. The summed E-state index contributed by atoms with van der Waals surface area (Å²) in [4.78, 5) is 45.7. The summed E-state index contributed by atoms with van der Waals surface area (Å²) >= 11 is 0. The number of nitrogens with zero attached hydrogens (tertiary/aromatic N) is 3. The molecule has 0 saturated carbocycles. The molecule has 2 aliphatic heterocycles. The summed E-state index contributed by atoms with van der Waals surface area (Å²) in [6.45, 7) is 11.2. The van der Waals surface area contributed by atoms with E-state index in [1.54, 1.807) is 68.3 Å². The number of benzene rings is 2. The highest BCUT2D eigenvalue weighted by Gasteiger charge is 2.22. The minimum atomic E-state index is -0.661. The number of para-hydroxylation sites is 2. The van der Waals surface area contributed by atoms with E-state index in [0.717, 1.165) is 63.1 Å². The maximum absolute atomic E-state index is 13.7. The van der Waals surface area contributed by atoms with Crippen molar-refractivity contribution in [3.05, 3.63) is 108 Å². The number of ether oxygens (including phenoxy) is 3. The Morgan fingerprint density at radius 2 is 1.64 bits per heavy atom. The molecule has 0 aromatic heterocycles. The van der Waals surface area contributed by atoms with Gasteiger partial charge in [0, 0.05) is 44.8 Å². The average Bonchev–Trinajstić information content (AvgIpc) is 3.09. The van der Waals surface area contributed by atoms with E-state index >= 15 is 0 Å². The zero-order valence-corrected chi connectivity index (χ0v) is 29.4. The van der Waals surface area contributed by atoms with Crippen LogP contribution in [-0.2, 0) is 20.8 Å². The number of hydrogen-bond donors (Lipinski definition) is 3. The molecule has 0 atom stereocenters. The highest BCUT2D eigenvalue weighted by atomic mass is 16.6. The number of amides is 4. The number of carbonyl (C=O) groups is 3. The number of anilines is 2. The summed E-state index contributed by atoms with van der Waals surface area (Å²) in [5, 5.41) is 8.45. The van der Waals surface area contributed by atoms with E-state index < -0.39 is 11.7 Å². The highest BCUT2D eigenvalue weighted by molar-refractivity contribution is 6.06. The van der Waals surface area contributed by atoms with E-state index in [-0.39, 0.29) is 17.8 Å².